The summed E-state index contributed by atoms with van der Waals surface area (Å²) < 4.78 is 12.7. The molecule has 0 unspecified atom stereocenters. The number of rotatable bonds is 3. The van der Waals surface area contributed by atoms with Gasteiger partial charge in [0.15, 0.2) is 0 Å². The van der Waals surface area contributed by atoms with Crippen molar-refractivity contribution >= 4 is 7.12 Å². The van der Waals surface area contributed by atoms with Crippen LogP contribution in [0.2, 0.25) is 0 Å². The molecule has 0 spiro atoms. The van der Waals surface area contributed by atoms with E-state index in [0.29, 0.717) is 11.3 Å². The summed E-state index contributed by atoms with van der Waals surface area (Å²) in [5.74, 6) is 1.27. The molecule has 22 heavy (non-hydrogen) atoms. The molecule has 0 amide bonds. The smallest absolute Gasteiger partial charge is 0.404 e. The molecule has 5 rings (SSSR count). The monoisotopic (exact) mass is 299 g/mol. The summed E-state index contributed by atoms with van der Waals surface area (Å²) in [7, 11) is -0.273. The third kappa shape index (κ3) is 2.00. The lowest BCUT2D eigenvalue weighted by atomic mass is 9.43. The molecule has 0 aromatic heterocycles. The van der Waals surface area contributed by atoms with Crippen molar-refractivity contribution in [2.24, 2.45) is 23.0 Å². The van der Waals surface area contributed by atoms with Crippen LogP contribution in [-0.4, -0.2) is 24.8 Å². The van der Waals surface area contributed by atoms with Crippen LogP contribution in [0.5, 0.6) is 0 Å². The highest BCUT2D eigenvalue weighted by atomic mass is 16.7. The molecule has 5 atom stereocenters. The normalized spacial score (nSPS) is 40.0. The topological polar surface area (TPSA) is 44.5 Å². The summed E-state index contributed by atoms with van der Waals surface area (Å²) in [5, 5.41) is 0. The SMILES string of the molecule is CC1(C)[C@H]2C[C@H]1[C@]1(C)OB([C@@H](N)Cc3ccccc3)O[C@@H]1C2. The molecular formula is C18H26BNO2. The van der Waals surface area contributed by atoms with E-state index in [1.54, 1.807) is 0 Å². The maximum atomic E-state index is 6.43. The fraction of sp³-hybridized carbons (Fsp3) is 0.667. The Balaban J connectivity index is 1.48. The summed E-state index contributed by atoms with van der Waals surface area (Å²) in [6, 6.07) is 10.4. The minimum Gasteiger partial charge on any atom is -0.404 e. The van der Waals surface area contributed by atoms with Crippen LogP contribution < -0.4 is 5.73 Å². The van der Waals surface area contributed by atoms with Gasteiger partial charge in [0.1, 0.15) is 0 Å². The van der Waals surface area contributed by atoms with Crippen molar-refractivity contribution in [3.63, 3.8) is 0 Å². The van der Waals surface area contributed by atoms with Crippen LogP contribution in [0.15, 0.2) is 30.3 Å². The second-order valence-corrected chi connectivity index (χ2v) is 8.19. The molecule has 2 bridgehead atoms. The molecule has 1 aliphatic heterocycles. The van der Waals surface area contributed by atoms with Crippen LogP contribution >= 0.6 is 0 Å². The zero-order valence-electron chi connectivity index (χ0n) is 13.8. The van der Waals surface area contributed by atoms with Crippen LogP contribution in [0.1, 0.15) is 39.2 Å². The minimum atomic E-state index is -0.273. The first kappa shape index (κ1) is 14.7. The first-order valence-corrected chi connectivity index (χ1v) is 8.54. The summed E-state index contributed by atoms with van der Waals surface area (Å²) in [5.41, 5.74) is 7.87. The molecule has 2 N–H and O–H groups in total. The van der Waals surface area contributed by atoms with Gasteiger partial charge in [0.25, 0.3) is 0 Å². The van der Waals surface area contributed by atoms with Crippen molar-refractivity contribution in [2.75, 3.05) is 0 Å². The maximum absolute atomic E-state index is 6.43. The van der Waals surface area contributed by atoms with Gasteiger partial charge in [0, 0.05) is 5.94 Å². The zero-order chi connectivity index (χ0) is 15.5. The third-order valence-corrected chi connectivity index (χ3v) is 6.63. The fourth-order valence-electron chi connectivity index (χ4n) is 5.06. The molecular weight excluding hydrogens is 273 g/mol. The average molecular weight is 299 g/mol. The van der Waals surface area contributed by atoms with Crippen LogP contribution in [0, 0.1) is 17.3 Å². The number of hydrogen-bond donors (Lipinski definition) is 1. The number of nitrogens with two attached hydrogens (primary N) is 1. The van der Waals surface area contributed by atoms with Gasteiger partial charge in [-0.15, -0.1) is 0 Å². The minimum absolute atomic E-state index is 0.106. The van der Waals surface area contributed by atoms with E-state index in [1.165, 1.54) is 12.0 Å². The van der Waals surface area contributed by atoms with Crippen LogP contribution in [0.25, 0.3) is 0 Å². The summed E-state index contributed by atoms with van der Waals surface area (Å²) in [6.45, 7) is 7.01. The lowest BCUT2D eigenvalue weighted by Crippen LogP contribution is -2.65. The molecule has 1 aromatic rings. The van der Waals surface area contributed by atoms with Gasteiger partial charge in [-0.25, -0.2) is 0 Å². The van der Waals surface area contributed by atoms with E-state index < -0.39 is 0 Å². The van der Waals surface area contributed by atoms with Crippen molar-refractivity contribution in [3.05, 3.63) is 35.9 Å². The maximum Gasteiger partial charge on any atom is 0.475 e. The molecule has 118 valence electrons. The van der Waals surface area contributed by atoms with Crippen molar-refractivity contribution in [1.82, 2.24) is 0 Å². The van der Waals surface area contributed by atoms with E-state index in [0.717, 1.165) is 18.8 Å². The summed E-state index contributed by atoms with van der Waals surface area (Å²) >= 11 is 0. The molecule has 0 radical (unpaired) electrons. The summed E-state index contributed by atoms with van der Waals surface area (Å²) in [4.78, 5) is 0. The molecule has 3 nitrogen and oxygen atoms in total. The van der Waals surface area contributed by atoms with Gasteiger partial charge >= 0.3 is 7.12 Å². The van der Waals surface area contributed by atoms with Gasteiger partial charge in [-0.3, -0.25) is 0 Å². The molecule has 3 saturated carbocycles. The predicted molar refractivity (Wildman–Crippen MR) is 88.2 cm³/mol. The molecule has 3 aliphatic carbocycles. The van der Waals surface area contributed by atoms with E-state index in [1.807, 2.05) is 6.07 Å². The predicted octanol–water partition coefficient (Wildman–Crippen LogP) is 2.82. The zero-order valence-corrected chi connectivity index (χ0v) is 13.8. The number of benzene rings is 1. The van der Waals surface area contributed by atoms with E-state index in [2.05, 4.69) is 45.0 Å². The van der Waals surface area contributed by atoms with Gasteiger partial charge in [0.05, 0.1) is 11.7 Å². The Morgan fingerprint density at radius 1 is 1.23 bits per heavy atom. The van der Waals surface area contributed by atoms with Gasteiger partial charge < -0.3 is 15.0 Å². The molecule has 4 heteroatoms. The second-order valence-electron chi connectivity index (χ2n) is 8.19. The summed E-state index contributed by atoms with van der Waals surface area (Å²) in [6.07, 6.45) is 3.42. The molecule has 1 aromatic carbocycles. The van der Waals surface area contributed by atoms with E-state index in [4.69, 9.17) is 15.0 Å². The average Bonchev–Trinajstić information content (AvgIpc) is 2.85. The third-order valence-electron chi connectivity index (χ3n) is 6.63. The van der Waals surface area contributed by atoms with Crippen LogP contribution in [0.3, 0.4) is 0 Å². The van der Waals surface area contributed by atoms with E-state index in [-0.39, 0.29) is 24.8 Å². The highest BCUT2D eigenvalue weighted by Crippen LogP contribution is 2.65. The van der Waals surface area contributed by atoms with Gasteiger partial charge in [0.2, 0.25) is 0 Å². The Bertz CT molecular complexity index is 563. The standard InChI is InChI=1S/C18H26BNO2/c1-17(2)13-10-14(17)18(3)15(11-13)21-19(22-18)16(20)9-12-7-5-4-6-8-12/h4-8,13-16H,9-11,20H2,1-3H3/t13-,14+,15+,16-,18-/m0/s1. The Hall–Kier alpha value is -0.835. The quantitative estimate of drug-likeness (QED) is 0.873. The lowest BCUT2D eigenvalue weighted by Gasteiger charge is -2.64. The largest absolute Gasteiger partial charge is 0.475 e. The van der Waals surface area contributed by atoms with E-state index in [9.17, 15) is 0 Å². The molecule has 1 saturated heterocycles. The van der Waals surface area contributed by atoms with Gasteiger partial charge in [-0.05, 0) is 49.0 Å². The van der Waals surface area contributed by atoms with E-state index >= 15 is 0 Å². The molecule has 4 aliphatic rings. The highest BCUT2D eigenvalue weighted by molar-refractivity contribution is 6.47. The van der Waals surface area contributed by atoms with Gasteiger partial charge in [-0.1, -0.05) is 44.2 Å². The van der Waals surface area contributed by atoms with Crippen LogP contribution in [0.4, 0.5) is 0 Å². The highest BCUT2D eigenvalue weighted by Gasteiger charge is 2.68. The van der Waals surface area contributed by atoms with Crippen molar-refractivity contribution < 1.29 is 9.31 Å². The van der Waals surface area contributed by atoms with Crippen molar-refractivity contribution in [1.29, 1.82) is 0 Å². The first-order chi connectivity index (χ1) is 10.4. The molecule has 4 fully saturated rings. The van der Waals surface area contributed by atoms with Crippen molar-refractivity contribution in [3.8, 4) is 0 Å². The first-order valence-electron chi connectivity index (χ1n) is 8.54. The van der Waals surface area contributed by atoms with Gasteiger partial charge in [-0.2, -0.15) is 0 Å². The Morgan fingerprint density at radius 2 is 1.95 bits per heavy atom. The molecule has 1 heterocycles. The van der Waals surface area contributed by atoms with Crippen LogP contribution in [-0.2, 0) is 15.7 Å². The lowest BCUT2D eigenvalue weighted by molar-refractivity contribution is -0.199. The second kappa shape index (κ2) is 4.83. The Labute approximate surface area is 133 Å². The Kier molecular flexibility index (Phi) is 3.23. The fourth-order valence-corrected chi connectivity index (χ4v) is 5.06. The Morgan fingerprint density at radius 3 is 2.64 bits per heavy atom. The van der Waals surface area contributed by atoms with Crippen molar-refractivity contribution in [2.45, 2.75) is 57.7 Å². The number of hydrogen-bond acceptors (Lipinski definition) is 3.